The molecule has 0 radical (unpaired) electrons. The van der Waals surface area contributed by atoms with Crippen LogP contribution in [0.25, 0.3) is 5.57 Å². The Morgan fingerprint density at radius 1 is 1.00 bits per heavy atom. The molecule has 0 unspecified atom stereocenters. The van der Waals surface area contributed by atoms with Gasteiger partial charge >= 0.3 is 0 Å². The predicted molar refractivity (Wildman–Crippen MR) is 154 cm³/mol. The van der Waals surface area contributed by atoms with Crippen LogP contribution in [0.3, 0.4) is 0 Å². The van der Waals surface area contributed by atoms with Crippen LogP contribution >= 0.6 is 0 Å². The number of carbonyl (C=O) groups excluding carboxylic acids is 1. The highest BCUT2D eigenvalue weighted by Gasteiger charge is 2.22. The molecule has 0 bridgehead atoms. The quantitative estimate of drug-likeness (QED) is 0.399. The minimum absolute atomic E-state index is 0.324. The van der Waals surface area contributed by atoms with E-state index in [0.29, 0.717) is 35.2 Å². The molecule has 5 rings (SSSR count). The standard InChI is InChI=1S/C16H14N4O.C15H22N2O/c1-2-5-15-18-9-8-12(19-15)11(10-17)16-20-13-6-3-4-7-14(13)21-16;1-2-3-9-15(18)17-12-10-16(11-13-17)14-7-5-4-6-8-14/h3-4,6-9,20H,2,5H2,1H3;4-8H,2-3,9-13H2,1H3/b16-11+;. The average Bonchev–Trinajstić information content (AvgIpc) is 3.41. The van der Waals surface area contributed by atoms with Gasteiger partial charge in [0.1, 0.15) is 17.5 Å². The number of hydrogen-bond acceptors (Lipinski definition) is 7. The van der Waals surface area contributed by atoms with Crippen LogP contribution in [0.15, 0.2) is 72.7 Å². The molecule has 0 atom stereocenters. The Morgan fingerprint density at radius 3 is 2.44 bits per heavy atom. The molecule has 1 aromatic heterocycles. The molecule has 3 heterocycles. The van der Waals surface area contributed by atoms with Gasteiger partial charge in [-0.1, -0.05) is 50.6 Å². The first-order chi connectivity index (χ1) is 19.1. The van der Waals surface area contributed by atoms with Crippen molar-refractivity contribution in [1.29, 1.82) is 5.26 Å². The van der Waals surface area contributed by atoms with Gasteiger partial charge in [0.25, 0.3) is 0 Å². The maximum atomic E-state index is 11.9. The largest absolute Gasteiger partial charge is 0.437 e. The van der Waals surface area contributed by atoms with Gasteiger partial charge in [0.15, 0.2) is 5.75 Å². The lowest BCUT2D eigenvalue weighted by molar-refractivity contribution is -0.131. The summed E-state index contributed by atoms with van der Waals surface area (Å²) in [5.41, 5.74) is 3.07. The Hall–Kier alpha value is -4.38. The lowest BCUT2D eigenvalue weighted by atomic mass is 10.2. The highest BCUT2D eigenvalue weighted by Crippen LogP contribution is 2.35. The summed E-state index contributed by atoms with van der Waals surface area (Å²) in [6.45, 7) is 7.80. The van der Waals surface area contributed by atoms with Crippen LogP contribution in [0.5, 0.6) is 5.75 Å². The van der Waals surface area contributed by atoms with Gasteiger partial charge in [-0.25, -0.2) is 9.97 Å². The van der Waals surface area contributed by atoms with Crippen molar-refractivity contribution >= 4 is 22.9 Å². The summed E-state index contributed by atoms with van der Waals surface area (Å²) in [5, 5.41) is 12.6. The summed E-state index contributed by atoms with van der Waals surface area (Å²) in [5.74, 6) is 2.19. The lowest BCUT2D eigenvalue weighted by Crippen LogP contribution is -2.48. The zero-order chi connectivity index (χ0) is 27.5. The SMILES string of the molecule is CCCCC(=O)N1CCN(c2ccccc2)CC1.CCCc1nccc(/C(C#N)=C2\Nc3ccccc3O2)n1. The van der Waals surface area contributed by atoms with Gasteiger partial charge in [0.05, 0.1) is 11.4 Å². The number of aromatic nitrogens is 2. The molecule has 2 aliphatic heterocycles. The number of anilines is 2. The number of rotatable bonds is 7. The van der Waals surface area contributed by atoms with E-state index in [-0.39, 0.29) is 0 Å². The van der Waals surface area contributed by atoms with E-state index in [2.05, 4.69) is 64.4 Å². The predicted octanol–water partition coefficient (Wildman–Crippen LogP) is 5.65. The molecule has 1 fully saturated rings. The second-order valence-electron chi connectivity index (χ2n) is 9.45. The molecular weight excluding hydrogens is 488 g/mol. The van der Waals surface area contributed by atoms with Crippen LogP contribution in [-0.4, -0.2) is 47.0 Å². The molecule has 2 aromatic carbocycles. The molecule has 8 nitrogen and oxygen atoms in total. The topological polar surface area (TPSA) is 94.4 Å². The average molecular weight is 525 g/mol. The number of allylic oxidation sites excluding steroid dienone is 1. The summed E-state index contributed by atoms with van der Waals surface area (Å²) >= 11 is 0. The highest BCUT2D eigenvalue weighted by molar-refractivity contribution is 5.81. The molecule has 39 heavy (non-hydrogen) atoms. The van der Waals surface area contributed by atoms with Crippen molar-refractivity contribution in [3.8, 4) is 11.8 Å². The number of fused-ring (bicyclic) bond motifs is 1. The van der Waals surface area contributed by atoms with Gasteiger partial charge in [-0.3, -0.25) is 4.79 Å². The van der Waals surface area contributed by atoms with E-state index in [1.165, 1.54) is 5.69 Å². The first-order valence-electron chi connectivity index (χ1n) is 13.7. The Morgan fingerprint density at radius 2 is 1.74 bits per heavy atom. The van der Waals surface area contributed by atoms with Crippen LogP contribution in [0, 0.1) is 11.3 Å². The van der Waals surface area contributed by atoms with Crippen LogP contribution in [-0.2, 0) is 11.2 Å². The first-order valence-corrected chi connectivity index (χ1v) is 13.7. The monoisotopic (exact) mass is 524 g/mol. The van der Waals surface area contributed by atoms with Crippen LogP contribution in [0.2, 0.25) is 0 Å². The fourth-order valence-corrected chi connectivity index (χ4v) is 4.48. The highest BCUT2D eigenvalue weighted by atomic mass is 16.5. The Balaban J connectivity index is 0.000000183. The zero-order valence-electron chi connectivity index (χ0n) is 22.8. The third kappa shape index (κ3) is 7.35. The Labute approximate surface area is 231 Å². The number of ether oxygens (including phenoxy) is 1. The van der Waals surface area contributed by atoms with Gasteiger partial charge in [0.2, 0.25) is 11.8 Å². The summed E-state index contributed by atoms with van der Waals surface area (Å²) in [4.78, 5) is 24.9. The molecule has 1 N–H and O–H groups in total. The molecule has 0 saturated carbocycles. The molecule has 202 valence electrons. The van der Waals surface area contributed by atoms with E-state index < -0.39 is 0 Å². The molecule has 2 aliphatic rings. The lowest BCUT2D eigenvalue weighted by Gasteiger charge is -2.36. The number of nitriles is 1. The molecule has 0 aliphatic carbocycles. The number of aryl methyl sites for hydroxylation is 1. The van der Waals surface area contributed by atoms with E-state index >= 15 is 0 Å². The van der Waals surface area contributed by atoms with Crippen molar-refractivity contribution in [3.63, 3.8) is 0 Å². The Kier molecular flexibility index (Phi) is 9.90. The maximum Gasteiger partial charge on any atom is 0.222 e. The van der Waals surface area contributed by atoms with Crippen LogP contribution in [0.1, 0.15) is 51.0 Å². The number of amides is 1. The number of nitrogens with zero attached hydrogens (tertiary/aromatic N) is 5. The second-order valence-corrected chi connectivity index (χ2v) is 9.45. The fraction of sp³-hybridized carbons (Fsp3) is 0.355. The molecule has 3 aromatic rings. The van der Waals surface area contributed by atoms with Crippen molar-refractivity contribution < 1.29 is 9.53 Å². The molecule has 1 saturated heterocycles. The normalized spacial score (nSPS) is 15.2. The molecule has 8 heteroatoms. The number of unbranched alkanes of at least 4 members (excludes halogenated alkanes) is 1. The van der Waals surface area contributed by atoms with Crippen LogP contribution < -0.4 is 15.0 Å². The minimum Gasteiger partial charge on any atom is -0.437 e. The summed E-state index contributed by atoms with van der Waals surface area (Å²) < 4.78 is 5.70. The van der Waals surface area contributed by atoms with Crippen molar-refractivity contribution in [2.45, 2.75) is 46.0 Å². The third-order valence-electron chi connectivity index (χ3n) is 6.62. The number of nitrogens with one attached hydrogen (secondary N) is 1. The van der Waals surface area contributed by atoms with Gasteiger partial charge < -0.3 is 19.9 Å². The molecule has 0 spiro atoms. The smallest absolute Gasteiger partial charge is 0.222 e. The number of piperazine rings is 1. The number of carbonyl (C=O) groups is 1. The van der Waals surface area contributed by atoms with Crippen molar-refractivity contribution in [2.75, 3.05) is 36.4 Å². The van der Waals surface area contributed by atoms with Gasteiger partial charge in [-0.15, -0.1) is 0 Å². The van der Waals surface area contributed by atoms with E-state index in [1.54, 1.807) is 12.3 Å². The van der Waals surface area contributed by atoms with E-state index in [4.69, 9.17) is 4.74 Å². The first kappa shape index (κ1) is 27.6. The van der Waals surface area contributed by atoms with E-state index in [0.717, 1.165) is 63.4 Å². The fourth-order valence-electron chi connectivity index (χ4n) is 4.48. The number of hydrogen-bond donors (Lipinski definition) is 1. The van der Waals surface area contributed by atoms with E-state index in [9.17, 15) is 10.1 Å². The summed E-state index contributed by atoms with van der Waals surface area (Å²) in [6, 6.07) is 21.9. The van der Waals surface area contributed by atoms with Crippen molar-refractivity contribution in [2.24, 2.45) is 0 Å². The number of benzene rings is 2. The van der Waals surface area contributed by atoms with Gasteiger partial charge in [-0.05, 0) is 43.2 Å². The van der Waals surface area contributed by atoms with E-state index in [1.807, 2.05) is 35.2 Å². The Bertz CT molecular complexity index is 1280. The van der Waals surface area contributed by atoms with Crippen LogP contribution in [0.4, 0.5) is 11.4 Å². The van der Waals surface area contributed by atoms with Gasteiger partial charge in [-0.2, -0.15) is 5.26 Å². The maximum absolute atomic E-state index is 11.9. The molecule has 1 amide bonds. The third-order valence-corrected chi connectivity index (χ3v) is 6.62. The summed E-state index contributed by atoms with van der Waals surface area (Å²) in [6.07, 6.45) is 6.24. The van der Waals surface area contributed by atoms with Gasteiger partial charge in [0, 0.05) is 50.9 Å². The van der Waals surface area contributed by atoms with Crippen molar-refractivity contribution in [3.05, 3.63) is 84.3 Å². The zero-order valence-corrected chi connectivity index (χ0v) is 22.8. The minimum atomic E-state index is 0.324. The molecular formula is C31H36N6O2. The van der Waals surface area contributed by atoms with Crippen molar-refractivity contribution in [1.82, 2.24) is 14.9 Å². The second kappa shape index (κ2) is 14.0. The number of para-hydroxylation sites is 3. The summed E-state index contributed by atoms with van der Waals surface area (Å²) in [7, 11) is 0.